The molecular weight excluding hydrogens is 548 g/mol. The lowest BCUT2D eigenvalue weighted by atomic mass is 10.0. The van der Waals surface area contributed by atoms with Crippen LogP contribution in [0.1, 0.15) is 157 Å². The molecule has 0 aromatic heterocycles. The Morgan fingerprint density at radius 1 is 0.568 bits per heavy atom. The fourth-order valence-electron chi connectivity index (χ4n) is 6.29. The second-order valence-electron chi connectivity index (χ2n) is 12.7. The molecular formula is C38H50N2O4. The predicted molar refractivity (Wildman–Crippen MR) is 179 cm³/mol. The van der Waals surface area contributed by atoms with E-state index in [1.54, 1.807) is 6.08 Å². The van der Waals surface area contributed by atoms with Crippen LogP contribution in [0.2, 0.25) is 0 Å². The van der Waals surface area contributed by atoms with Crippen molar-refractivity contribution in [1.29, 1.82) is 0 Å². The van der Waals surface area contributed by atoms with Crippen molar-refractivity contribution in [1.82, 2.24) is 4.90 Å². The average molecular weight is 599 g/mol. The normalized spacial score (nSPS) is 14.1. The molecule has 0 saturated heterocycles. The summed E-state index contributed by atoms with van der Waals surface area (Å²) in [7, 11) is 3.89. The van der Waals surface area contributed by atoms with Gasteiger partial charge in [-0.2, -0.15) is 0 Å². The minimum Gasteiger partial charge on any atom is -0.378 e. The van der Waals surface area contributed by atoms with Crippen molar-refractivity contribution in [3.8, 4) is 0 Å². The third kappa shape index (κ3) is 8.34. The molecule has 2 aromatic carbocycles. The van der Waals surface area contributed by atoms with Gasteiger partial charge in [-0.15, -0.1) is 0 Å². The van der Waals surface area contributed by atoms with E-state index in [0.29, 0.717) is 6.54 Å². The van der Waals surface area contributed by atoms with Gasteiger partial charge < -0.3 is 4.90 Å². The SMILES string of the molecule is CCCCCCCCCCCCCCCCCCN1C(=O)c2cc3c(cc2C1=O)C(=O)C(=Cc1ccc(N(C)C)cc1)C3=O. The van der Waals surface area contributed by atoms with E-state index < -0.39 is 11.6 Å². The Balaban J connectivity index is 1.17. The highest BCUT2D eigenvalue weighted by atomic mass is 16.2. The molecule has 44 heavy (non-hydrogen) atoms. The molecule has 0 spiro atoms. The number of anilines is 1. The predicted octanol–water partition coefficient (Wildman–Crippen LogP) is 9.07. The van der Waals surface area contributed by atoms with Gasteiger partial charge in [-0.3, -0.25) is 24.1 Å². The molecule has 4 rings (SSSR count). The average Bonchev–Trinajstić information content (AvgIpc) is 3.39. The first-order chi connectivity index (χ1) is 21.3. The van der Waals surface area contributed by atoms with Gasteiger partial charge in [-0.1, -0.05) is 115 Å². The Bertz CT molecular complexity index is 1300. The Morgan fingerprint density at radius 2 is 0.977 bits per heavy atom. The summed E-state index contributed by atoms with van der Waals surface area (Å²) < 4.78 is 0. The van der Waals surface area contributed by atoms with Gasteiger partial charge in [0.15, 0.2) is 11.6 Å². The second kappa shape index (κ2) is 16.5. The van der Waals surface area contributed by atoms with Gasteiger partial charge >= 0.3 is 0 Å². The van der Waals surface area contributed by atoms with Crippen molar-refractivity contribution < 1.29 is 19.2 Å². The number of imide groups is 1. The molecule has 0 bridgehead atoms. The number of hydrogen-bond acceptors (Lipinski definition) is 5. The van der Waals surface area contributed by atoms with Gasteiger partial charge in [0.2, 0.25) is 0 Å². The number of Topliss-reactive ketones (excluding diaryl/α,β-unsaturated/α-hetero) is 2. The van der Waals surface area contributed by atoms with Crippen LogP contribution in [-0.4, -0.2) is 48.9 Å². The molecule has 2 aliphatic rings. The summed E-state index contributed by atoms with van der Waals surface area (Å²) in [5.74, 6) is -1.54. The summed E-state index contributed by atoms with van der Waals surface area (Å²) in [5, 5.41) is 0. The first kappa shape index (κ1) is 33.4. The molecule has 2 aromatic rings. The zero-order valence-electron chi connectivity index (χ0n) is 27.1. The topological polar surface area (TPSA) is 74.8 Å². The number of amides is 2. The number of rotatable bonds is 19. The van der Waals surface area contributed by atoms with Crippen molar-refractivity contribution in [3.05, 3.63) is 69.8 Å². The number of fused-ring (bicyclic) bond motifs is 2. The molecule has 0 atom stereocenters. The largest absolute Gasteiger partial charge is 0.378 e. The summed E-state index contributed by atoms with van der Waals surface area (Å²) in [6.07, 6.45) is 21.8. The Morgan fingerprint density at radius 3 is 1.39 bits per heavy atom. The number of unbranched alkanes of at least 4 members (excludes halogenated alkanes) is 15. The number of allylic oxidation sites excluding steroid dienone is 1. The maximum atomic E-state index is 13.2. The minimum atomic E-state index is -0.402. The molecule has 1 aliphatic carbocycles. The van der Waals surface area contributed by atoms with E-state index in [0.717, 1.165) is 30.5 Å². The summed E-state index contributed by atoms with van der Waals surface area (Å²) in [5.41, 5.74) is 2.67. The molecule has 0 saturated carbocycles. The van der Waals surface area contributed by atoms with Crippen molar-refractivity contribution in [2.24, 2.45) is 0 Å². The Hall–Kier alpha value is -3.54. The zero-order chi connectivity index (χ0) is 31.5. The lowest BCUT2D eigenvalue weighted by Crippen LogP contribution is -2.30. The van der Waals surface area contributed by atoms with E-state index in [4.69, 9.17) is 0 Å². The van der Waals surface area contributed by atoms with E-state index in [1.807, 2.05) is 43.3 Å². The van der Waals surface area contributed by atoms with Crippen molar-refractivity contribution in [3.63, 3.8) is 0 Å². The smallest absolute Gasteiger partial charge is 0.261 e. The maximum absolute atomic E-state index is 13.2. The molecule has 0 unspecified atom stereocenters. The number of carbonyl (C=O) groups excluding carboxylic acids is 4. The minimum absolute atomic E-state index is 0.0613. The standard InChI is InChI=1S/C38H50N2O4/c1-4-5-6-7-8-9-10-11-12-13-14-15-16-17-18-19-24-40-37(43)32-26-30-31(27-33(32)38(40)44)36(42)34(35(30)41)25-28-20-22-29(23-21-28)39(2)3/h20-23,25-27H,4-19,24H2,1-3H3. The van der Waals surface area contributed by atoms with Crippen LogP contribution in [-0.2, 0) is 0 Å². The second-order valence-corrected chi connectivity index (χ2v) is 12.7. The van der Waals surface area contributed by atoms with Crippen LogP contribution in [0.15, 0.2) is 42.0 Å². The summed E-state index contributed by atoms with van der Waals surface area (Å²) in [6, 6.07) is 10.5. The third-order valence-corrected chi connectivity index (χ3v) is 9.04. The van der Waals surface area contributed by atoms with Crippen molar-refractivity contribution >= 4 is 35.1 Å². The molecule has 0 fully saturated rings. The highest BCUT2D eigenvalue weighted by Crippen LogP contribution is 2.34. The fraction of sp³-hybridized carbons (Fsp3) is 0.526. The monoisotopic (exact) mass is 598 g/mol. The van der Waals surface area contributed by atoms with Gasteiger partial charge in [-0.05, 0) is 42.3 Å². The highest BCUT2D eigenvalue weighted by Gasteiger charge is 2.41. The molecule has 6 nitrogen and oxygen atoms in total. The van der Waals surface area contributed by atoms with Crippen LogP contribution in [0.5, 0.6) is 0 Å². The maximum Gasteiger partial charge on any atom is 0.261 e. The zero-order valence-corrected chi connectivity index (χ0v) is 27.1. The number of carbonyl (C=O) groups is 4. The molecule has 0 radical (unpaired) electrons. The van der Waals surface area contributed by atoms with Crippen LogP contribution in [0, 0.1) is 0 Å². The molecule has 236 valence electrons. The van der Waals surface area contributed by atoms with Crippen LogP contribution in [0.4, 0.5) is 5.69 Å². The molecule has 1 heterocycles. The van der Waals surface area contributed by atoms with E-state index in [-0.39, 0.29) is 39.6 Å². The van der Waals surface area contributed by atoms with Crippen LogP contribution < -0.4 is 4.90 Å². The highest BCUT2D eigenvalue weighted by molar-refractivity contribution is 6.42. The first-order valence-corrected chi connectivity index (χ1v) is 17.0. The lowest BCUT2D eigenvalue weighted by Gasteiger charge is -2.13. The Labute approximate surface area is 263 Å². The molecule has 0 N–H and O–H groups in total. The van der Waals surface area contributed by atoms with E-state index >= 15 is 0 Å². The lowest BCUT2D eigenvalue weighted by molar-refractivity contribution is 0.0651. The molecule has 6 heteroatoms. The number of nitrogens with zero attached hydrogens (tertiary/aromatic N) is 2. The van der Waals surface area contributed by atoms with Crippen LogP contribution in [0.25, 0.3) is 6.08 Å². The van der Waals surface area contributed by atoms with E-state index in [9.17, 15) is 19.2 Å². The van der Waals surface area contributed by atoms with Crippen LogP contribution in [0.3, 0.4) is 0 Å². The Kier molecular flexibility index (Phi) is 12.5. The van der Waals surface area contributed by atoms with Gasteiger partial charge in [0, 0.05) is 37.5 Å². The number of hydrogen-bond donors (Lipinski definition) is 0. The van der Waals surface area contributed by atoms with Gasteiger partial charge in [0.1, 0.15) is 0 Å². The quantitative estimate of drug-likeness (QED) is 0.0698. The number of ketones is 2. The third-order valence-electron chi connectivity index (χ3n) is 9.04. The van der Waals surface area contributed by atoms with E-state index in [1.165, 1.54) is 101 Å². The van der Waals surface area contributed by atoms with Gasteiger partial charge in [0.25, 0.3) is 11.8 Å². The first-order valence-electron chi connectivity index (χ1n) is 17.0. The van der Waals surface area contributed by atoms with Crippen molar-refractivity contribution in [2.75, 3.05) is 25.5 Å². The number of benzene rings is 2. The van der Waals surface area contributed by atoms with Crippen molar-refractivity contribution in [2.45, 2.75) is 110 Å². The summed E-state index contributed by atoms with van der Waals surface area (Å²) in [4.78, 5) is 55.9. The molecule has 2 amide bonds. The van der Waals surface area contributed by atoms with E-state index in [2.05, 4.69) is 6.92 Å². The van der Waals surface area contributed by atoms with Crippen LogP contribution >= 0.6 is 0 Å². The summed E-state index contributed by atoms with van der Waals surface area (Å²) in [6.45, 7) is 2.63. The fourth-order valence-corrected chi connectivity index (χ4v) is 6.29. The van der Waals surface area contributed by atoms with Gasteiger partial charge in [-0.25, -0.2) is 0 Å². The van der Waals surface area contributed by atoms with Gasteiger partial charge in [0.05, 0.1) is 16.7 Å². The molecule has 1 aliphatic heterocycles. The summed E-state index contributed by atoms with van der Waals surface area (Å²) >= 11 is 0.